The number of rotatable bonds is 5. The third-order valence-electron chi connectivity index (χ3n) is 5.07. The molecule has 0 atom stereocenters. The van der Waals surface area contributed by atoms with Crippen LogP contribution in [0, 0.1) is 5.82 Å². The molecule has 3 aromatic rings. The molecule has 3 heterocycles. The van der Waals surface area contributed by atoms with Crippen molar-refractivity contribution in [2.75, 3.05) is 6.54 Å². The second kappa shape index (κ2) is 7.80. The van der Waals surface area contributed by atoms with Crippen molar-refractivity contribution in [3.8, 4) is 0 Å². The van der Waals surface area contributed by atoms with Crippen LogP contribution in [0.1, 0.15) is 29.7 Å². The predicted molar refractivity (Wildman–Crippen MR) is 103 cm³/mol. The summed E-state index contributed by atoms with van der Waals surface area (Å²) in [6.45, 7) is 1.43. The number of halogens is 1. The number of aromatic nitrogens is 2. The smallest absolute Gasteiger partial charge is 0.223 e. The minimum absolute atomic E-state index is 0.0621. The lowest BCUT2D eigenvalue weighted by molar-refractivity contribution is -0.134. The summed E-state index contributed by atoms with van der Waals surface area (Å²) < 4.78 is 13.6. The Kier molecular flexibility index (Phi) is 5.06. The van der Waals surface area contributed by atoms with Crippen LogP contribution in [0.2, 0.25) is 0 Å². The van der Waals surface area contributed by atoms with Gasteiger partial charge in [-0.15, -0.1) is 0 Å². The number of H-pyrrole nitrogens is 1. The van der Waals surface area contributed by atoms with E-state index in [1.54, 1.807) is 23.4 Å². The summed E-state index contributed by atoms with van der Waals surface area (Å²) in [5.41, 5.74) is 3.82. The van der Waals surface area contributed by atoms with E-state index >= 15 is 0 Å². The number of nitrogens with zero attached hydrogens (tertiary/aromatic N) is 2. The van der Waals surface area contributed by atoms with E-state index in [2.05, 4.69) is 15.3 Å². The highest BCUT2D eigenvalue weighted by Gasteiger charge is 2.24. The van der Waals surface area contributed by atoms with E-state index in [1.807, 2.05) is 12.1 Å². The highest BCUT2D eigenvalue weighted by atomic mass is 19.1. The number of aromatic amines is 1. The van der Waals surface area contributed by atoms with Gasteiger partial charge in [0.1, 0.15) is 5.82 Å². The third-order valence-corrected chi connectivity index (χ3v) is 5.07. The van der Waals surface area contributed by atoms with Crippen molar-refractivity contribution in [1.82, 2.24) is 20.2 Å². The first kappa shape index (κ1) is 18.2. The normalized spacial score (nSPS) is 13.4. The largest absolute Gasteiger partial charge is 0.358 e. The number of fused-ring (bicyclic) bond motifs is 3. The van der Waals surface area contributed by atoms with Gasteiger partial charge in [-0.1, -0.05) is 6.07 Å². The summed E-state index contributed by atoms with van der Waals surface area (Å²) in [6, 6.07) is 8.35. The molecule has 0 spiro atoms. The van der Waals surface area contributed by atoms with Crippen molar-refractivity contribution in [1.29, 1.82) is 0 Å². The molecule has 1 aliphatic rings. The number of benzene rings is 1. The molecule has 0 saturated carbocycles. The highest BCUT2D eigenvalue weighted by molar-refractivity contribution is 5.87. The number of carbonyl (C=O) groups is 2. The predicted octanol–water partition coefficient (Wildman–Crippen LogP) is 2.68. The molecule has 0 unspecified atom stereocenters. The van der Waals surface area contributed by atoms with Gasteiger partial charge in [-0.2, -0.15) is 0 Å². The van der Waals surface area contributed by atoms with Gasteiger partial charge in [-0.05, 0) is 29.8 Å². The topological polar surface area (TPSA) is 78.1 Å². The molecule has 144 valence electrons. The van der Waals surface area contributed by atoms with Crippen LogP contribution in [-0.2, 0) is 29.1 Å². The van der Waals surface area contributed by atoms with Crippen molar-refractivity contribution in [3.05, 3.63) is 65.4 Å². The highest BCUT2D eigenvalue weighted by Crippen LogP contribution is 2.28. The number of hydrogen-bond donors (Lipinski definition) is 2. The van der Waals surface area contributed by atoms with Crippen LogP contribution in [0.5, 0.6) is 0 Å². The Hall–Kier alpha value is -3.22. The second-order valence-electron chi connectivity index (χ2n) is 6.98. The SMILES string of the molecule is O=C(CCC(=O)N1CCc2[nH]c3ccc(F)cc3c2C1)NCc1cccnc1. The van der Waals surface area contributed by atoms with Gasteiger partial charge in [0.25, 0.3) is 0 Å². The number of hydrogen-bond acceptors (Lipinski definition) is 3. The van der Waals surface area contributed by atoms with Crippen LogP contribution in [0.25, 0.3) is 10.9 Å². The molecule has 7 heteroatoms. The third kappa shape index (κ3) is 3.88. The summed E-state index contributed by atoms with van der Waals surface area (Å²) in [5, 5.41) is 3.62. The molecule has 4 rings (SSSR count). The standard InChI is InChI=1S/C21H21FN4O2/c22-15-3-4-18-16(10-15)17-13-26(9-7-19(17)25-18)21(28)6-5-20(27)24-12-14-2-1-8-23-11-14/h1-4,8,10-11,25H,5-7,9,12-13H2,(H,24,27). The van der Waals surface area contributed by atoms with Crippen molar-refractivity contribution in [2.45, 2.75) is 32.4 Å². The lowest BCUT2D eigenvalue weighted by Gasteiger charge is -2.27. The molecule has 2 N–H and O–H groups in total. The van der Waals surface area contributed by atoms with Gasteiger partial charge in [-0.3, -0.25) is 14.6 Å². The fourth-order valence-corrected chi connectivity index (χ4v) is 3.57. The van der Waals surface area contributed by atoms with Gasteiger partial charge in [0.05, 0.1) is 0 Å². The quantitative estimate of drug-likeness (QED) is 0.714. The molecule has 0 aliphatic carbocycles. The van der Waals surface area contributed by atoms with Gasteiger partial charge in [0, 0.05) is 73.5 Å². The van der Waals surface area contributed by atoms with Gasteiger partial charge in [0.15, 0.2) is 0 Å². The first-order valence-electron chi connectivity index (χ1n) is 9.32. The van der Waals surface area contributed by atoms with Crippen LogP contribution in [0.4, 0.5) is 4.39 Å². The first-order valence-corrected chi connectivity index (χ1v) is 9.32. The van der Waals surface area contributed by atoms with E-state index in [4.69, 9.17) is 0 Å². The monoisotopic (exact) mass is 380 g/mol. The van der Waals surface area contributed by atoms with Gasteiger partial charge in [0.2, 0.25) is 11.8 Å². The van der Waals surface area contributed by atoms with Crippen LogP contribution in [-0.4, -0.2) is 33.2 Å². The molecule has 1 aliphatic heterocycles. The zero-order valence-electron chi connectivity index (χ0n) is 15.4. The number of nitrogens with one attached hydrogen (secondary N) is 2. The molecule has 0 saturated heterocycles. The van der Waals surface area contributed by atoms with E-state index in [0.29, 0.717) is 26.1 Å². The number of amides is 2. The minimum atomic E-state index is -0.289. The average molecular weight is 380 g/mol. The summed E-state index contributed by atoms with van der Waals surface area (Å²) in [5.74, 6) is -0.514. The number of carbonyl (C=O) groups excluding carboxylic acids is 2. The van der Waals surface area contributed by atoms with Crippen molar-refractivity contribution < 1.29 is 14.0 Å². The first-order chi connectivity index (χ1) is 13.6. The molecular formula is C21H21FN4O2. The van der Waals surface area contributed by atoms with Crippen molar-refractivity contribution >= 4 is 22.7 Å². The Morgan fingerprint density at radius 1 is 1.25 bits per heavy atom. The summed E-state index contributed by atoms with van der Waals surface area (Å²) >= 11 is 0. The lowest BCUT2D eigenvalue weighted by Crippen LogP contribution is -2.36. The van der Waals surface area contributed by atoms with Gasteiger partial charge >= 0.3 is 0 Å². The zero-order valence-corrected chi connectivity index (χ0v) is 15.4. The molecular weight excluding hydrogens is 359 g/mol. The van der Waals surface area contributed by atoms with Crippen LogP contribution in [0.15, 0.2) is 42.7 Å². The summed E-state index contributed by atoms with van der Waals surface area (Å²) in [6.07, 6.45) is 4.37. The van der Waals surface area contributed by atoms with Gasteiger partial charge < -0.3 is 15.2 Å². The zero-order chi connectivity index (χ0) is 19.5. The van der Waals surface area contributed by atoms with Crippen molar-refractivity contribution in [3.63, 3.8) is 0 Å². The van der Waals surface area contributed by atoms with Crippen molar-refractivity contribution in [2.24, 2.45) is 0 Å². The molecule has 2 aromatic heterocycles. The molecule has 0 radical (unpaired) electrons. The van der Waals surface area contributed by atoms with E-state index in [0.717, 1.165) is 27.7 Å². The second-order valence-corrected chi connectivity index (χ2v) is 6.98. The number of pyridine rings is 1. The maximum Gasteiger partial charge on any atom is 0.223 e. The minimum Gasteiger partial charge on any atom is -0.358 e. The summed E-state index contributed by atoms with van der Waals surface area (Å²) in [4.78, 5) is 33.6. The van der Waals surface area contributed by atoms with E-state index in [9.17, 15) is 14.0 Å². The molecule has 2 amide bonds. The van der Waals surface area contributed by atoms with Gasteiger partial charge in [-0.25, -0.2) is 4.39 Å². The Morgan fingerprint density at radius 3 is 2.96 bits per heavy atom. The Bertz CT molecular complexity index is 1020. The van der Waals surface area contributed by atoms with Crippen LogP contribution < -0.4 is 5.32 Å². The maximum absolute atomic E-state index is 13.6. The molecule has 0 bridgehead atoms. The Morgan fingerprint density at radius 2 is 2.14 bits per heavy atom. The van der Waals surface area contributed by atoms with Crippen LogP contribution >= 0.6 is 0 Å². The maximum atomic E-state index is 13.6. The fourth-order valence-electron chi connectivity index (χ4n) is 3.57. The lowest BCUT2D eigenvalue weighted by atomic mass is 10.0. The molecule has 6 nitrogen and oxygen atoms in total. The fraction of sp³-hybridized carbons (Fsp3) is 0.286. The van der Waals surface area contributed by atoms with E-state index in [-0.39, 0.29) is 30.5 Å². The van der Waals surface area contributed by atoms with Crippen LogP contribution in [0.3, 0.4) is 0 Å². The molecule has 0 fully saturated rings. The Balaban J connectivity index is 1.33. The molecule has 28 heavy (non-hydrogen) atoms. The van der Waals surface area contributed by atoms with E-state index < -0.39 is 0 Å². The summed E-state index contributed by atoms with van der Waals surface area (Å²) in [7, 11) is 0. The van der Waals surface area contributed by atoms with E-state index in [1.165, 1.54) is 12.1 Å². The molecule has 1 aromatic carbocycles. The Labute approximate surface area is 161 Å². The average Bonchev–Trinajstić information content (AvgIpc) is 3.08.